The molecule has 2 rings (SSSR count). The predicted molar refractivity (Wildman–Crippen MR) is 49.8 cm³/mol. The molecule has 0 radical (unpaired) electrons. The van der Waals surface area contributed by atoms with E-state index in [1.165, 1.54) is 0 Å². The maximum atomic E-state index is 8.65. The fourth-order valence-corrected chi connectivity index (χ4v) is 1.16. The molecule has 0 aliphatic heterocycles. The van der Waals surface area contributed by atoms with Gasteiger partial charge in [-0.15, -0.1) is 5.10 Å². The Labute approximate surface area is 79.5 Å². The Morgan fingerprint density at radius 1 is 1.29 bits per heavy atom. The Hall–Kier alpha value is -1.76. The Bertz CT molecular complexity index is 439. The highest BCUT2D eigenvalue weighted by atomic mass is 16.3. The minimum Gasteiger partial charge on any atom is -0.395 e. The molecule has 0 saturated heterocycles. The van der Waals surface area contributed by atoms with Crippen LogP contribution in [0.5, 0.6) is 0 Å². The van der Waals surface area contributed by atoms with Gasteiger partial charge in [0.2, 0.25) is 0 Å². The van der Waals surface area contributed by atoms with Gasteiger partial charge < -0.3 is 10.4 Å². The maximum Gasteiger partial charge on any atom is 0.178 e. The van der Waals surface area contributed by atoms with Crippen molar-refractivity contribution in [2.75, 3.05) is 18.5 Å². The molecular weight excluding hydrogens is 184 g/mol. The van der Waals surface area contributed by atoms with Gasteiger partial charge in [-0.05, 0) is 6.92 Å². The van der Waals surface area contributed by atoms with Gasteiger partial charge in [-0.3, -0.25) is 0 Å². The molecule has 7 nitrogen and oxygen atoms in total. The zero-order valence-corrected chi connectivity index (χ0v) is 7.65. The van der Waals surface area contributed by atoms with E-state index in [0.29, 0.717) is 23.4 Å². The summed E-state index contributed by atoms with van der Waals surface area (Å²) in [6.45, 7) is 2.27. The number of aromatic amines is 1. The van der Waals surface area contributed by atoms with Gasteiger partial charge >= 0.3 is 0 Å². The van der Waals surface area contributed by atoms with E-state index in [2.05, 4.69) is 30.9 Å². The molecule has 0 spiro atoms. The molecule has 0 aliphatic carbocycles. The van der Waals surface area contributed by atoms with Gasteiger partial charge in [0.05, 0.1) is 12.3 Å². The Kier molecular flexibility index (Phi) is 2.23. The quantitative estimate of drug-likeness (QED) is 0.606. The monoisotopic (exact) mass is 194 g/mol. The lowest BCUT2D eigenvalue weighted by atomic mass is 10.3. The van der Waals surface area contributed by atoms with Crippen molar-refractivity contribution in [1.29, 1.82) is 0 Å². The summed E-state index contributed by atoms with van der Waals surface area (Å²) in [6.07, 6.45) is 0. The van der Waals surface area contributed by atoms with E-state index < -0.39 is 0 Å². The van der Waals surface area contributed by atoms with Gasteiger partial charge in [-0.2, -0.15) is 20.5 Å². The van der Waals surface area contributed by atoms with Crippen LogP contribution in [0.25, 0.3) is 11.0 Å². The maximum absolute atomic E-state index is 8.65. The fraction of sp³-hybridized carbons (Fsp3) is 0.429. The van der Waals surface area contributed by atoms with Gasteiger partial charge in [-0.1, -0.05) is 0 Å². The van der Waals surface area contributed by atoms with E-state index in [0.717, 1.165) is 5.69 Å². The number of fused-ring (bicyclic) bond motifs is 1. The number of aryl methyl sites for hydroxylation is 1. The largest absolute Gasteiger partial charge is 0.395 e. The minimum absolute atomic E-state index is 0.0366. The molecule has 0 fully saturated rings. The molecule has 2 aromatic heterocycles. The topological polar surface area (TPSA) is 99.6 Å². The summed E-state index contributed by atoms with van der Waals surface area (Å²) in [5.41, 5.74) is 2.06. The first-order chi connectivity index (χ1) is 6.83. The second-order valence-corrected chi connectivity index (χ2v) is 2.81. The Morgan fingerprint density at radius 2 is 2.07 bits per heavy atom. The van der Waals surface area contributed by atoms with Crippen molar-refractivity contribution < 1.29 is 5.11 Å². The molecule has 2 heterocycles. The number of hydrogen-bond donors (Lipinski definition) is 3. The van der Waals surface area contributed by atoms with Crippen LogP contribution in [0.2, 0.25) is 0 Å². The van der Waals surface area contributed by atoms with Crippen molar-refractivity contribution in [2.45, 2.75) is 6.92 Å². The molecule has 0 bridgehead atoms. The fourth-order valence-electron chi connectivity index (χ4n) is 1.16. The first-order valence-electron chi connectivity index (χ1n) is 4.21. The van der Waals surface area contributed by atoms with Crippen molar-refractivity contribution in [3.63, 3.8) is 0 Å². The molecule has 74 valence electrons. The summed E-state index contributed by atoms with van der Waals surface area (Å²) in [5.74, 6) is 0.536. The standard InChI is InChI=1S/C7H10N6O/c1-4-5-6(11-13-10-5)7(12-9-4)8-2-3-14/h14H,2-3H2,1H3,(H,8,12)(H,10,11,13). The molecule has 0 atom stereocenters. The van der Waals surface area contributed by atoms with Crippen LogP contribution in [0.15, 0.2) is 0 Å². The molecule has 2 aromatic rings. The summed E-state index contributed by atoms with van der Waals surface area (Å²) in [4.78, 5) is 0. The lowest BCUT2D eigenvalue weighted by Gasteiger charge is -2.02. The van der Waals surface area contributed by atoms with Crippen LogP contribution >= 0.6 is 0 Å². The number of nitrogens with zero attached hydrogens (tertiary/aromatic N) is 4. The van der Waals surface area contributed by atoms with Crippen LogP contribution < -0.4 is 5.32 Å². The highest BCUT2D eigenvalue weighted by Gasteiger charge is 2.09. The lowest BCUT2D eigenvalue weighted by molar-refractivity contribution is 0.311. The molecule has 0 unspecified atom stereocenters. The zero-order valence-electron chi connectivity index (χ0n) is 7.65. The number of nitrogens with one attached hydrogen (secondary N) is 2. The smallest absolute Gasteiger partial charge is 0.178 e. The van der Waals surface area contributed by atoms with Crippen molar-refractivity contribution in [3.05, 3.63) is 5.69 Å². The summed E-state index contributed by atoms with van der Waals surface area (Å²) < 4.78 is 0. The van der Waals surface area contributed by atoms with Crippen LogP contribution in [0.3, 0.4) is 0 Å². The zero-order chi connectivity index (χ0) is 9.97. The summed E-state index contributed by atoms with van der Waals surface area (Å²) in [5, 5.41) is 29.8. The average molecular weight is 194 g/mol. The predicted octanol–water partition coefficient (Wildman–Crippen LogP) is -0.539. The lowest BCUT2D eigenvalue weighted by Crippen LogP contribution is -2.08. The molecule has 0 aliphatic rings. The molecule has 0 amide bonds. The van der Waals surface area contributed by atoms with Gasteiger partial charge in [0.15, 0.2) is 11.3 Å². The highest BCUT2D eigenvalue weighted by Crippen LogP contribution is 2.16. The third-order valence-electron chi connectivity index (χ3n) is 1.82. The van der Waals surface area contributed by atoms with Crippen molar-refractivity contribution in [2.24, 2.45) is 0 Å². The molecular formula is C7H10N6O. The molecule has 7 heteroatoms. The van der Waals surface area contributed by atoms with E-state index in [1.54, 1.807) is 0 Å². The second kappa shape index (κ2) is 3.54. The van der Waals surface area contributed by atoms with E-state index in [1.807, 2.05) is 6.92 Å². The Morgan fingerprint density at radius 3 is 2.86 bits per heavy atom. The van der Waals surface area contributed by atoms with Crippen LogP contribution in [0.4, 0.5) is 5.82 Å². The number of H-pyrrole nitrogens is 1. The molecule has 14 heavy (non-hydrogen) atoms. The summed E-state index contributed by atoms with van der Waals surface area (Å²) in [6, 6.07) is 0. The second-order valence-electron chi connectivity index (χ2n) is 2.81. The number of rotatable bonds is 3. The van der Waals surface area contributed by atoms with E-state index >= 15 is 0 Å². The molecule has 0 saturated carbocycles. The van der Waals surface area contributed by atoms with E-state index in [4.69, 9.17) is 5.11 Å². The number of aliphatic hydroxyl groups is 1. The first-order valence-corrected chi connectivity index (χ1v) is 4.21. The third-order valence-corrected chi connectivity index (χ3v) is 1.82. The van der Waals surface area contributed by atoms with Gasteiger partial charge in [0.25, 0.3) is 0 Å². The number of hydrogen-bond acceptors (Lipinski definition) is 6. The molecule has 0 aromatic carbocycles. The van der Waals surface area contributed by atoms with Gasteiger partial charge in [-0.25, -0.2) is 0 Å². The summed E-state index contributed by atoms with van der Waals surface area (Å²) in [7, 11) is 0. The minimum atomic E-state index is 0.0366. The number of anilines is 1. The third kappa shape index (κ3) is 1.37. The normalized spacial score (nSPS) is 10.7. The number of aliphatic hydroxyl groups excluding tert-OH is 1. The Balaban J connectivity index is 2.45. The first kappa shape index (κ1) is 8.82. The van der Waals surface area contributed by atoms with Crippen LogP contribution in [0.1, 0.15) is 5.69 Å². The highest BCUT2D eigenvalue weighted by molar-refractivity contribution is 5.85. The van der Waals surface area contributed by atoms with Crippen molar-refractivity contribution in [1.82, 2.24) is 25.6 Å². The van der Waals surface area contributed by atoms with Crippen LogP contribution in [0, 0.1) is 6.92 Å². The van der Waals surface area contributed by atoms with Crippen LogP contribution in [-0.2, 0) is 0 Å². The average Bonchev–Trinajstić information content (AvgIpc) is 2.66. The van der Waals surface area contributed by atoms with Gasteiger partial charge in [0.1, 0.15) is 5.52 Å². The van der Waals surface area contributed by atoms with Gasteiger partial charge in [0, 0.05) is 6.54 Å². The van der Waals surface area contributed by atoms with E-state index in [-0.39, 0.29) is 6.61 Å². The van der Waals surface area contributed by atoms with Crippen LogP contribution in [-0.4, -0.2) is 43.9 Å². The van der Waals surface area contributed by atoms with Crippen molar-refractivity contribution >= 4 is 16.9 Å². The van der Waals surface area contributed by atoms with Crippen molar-refractivity contribution in [3.8, 4) is 0 Å². The SMILES string of the molecule is Cc1nnc(NCCO)c2n[nH]nc12. The summed E-state index contributed by atoms with van der Waals surface area (Å²) >= 11 is 0. The molecule has 3 N–H and O–H groups in total. The number of aromatic nitrogens is 5. The van der Waals surface area contributed by atoms with E-state index in [9.17, 15) is 0 Å².